The van der Waals surface area contributed by atoms with E-state index in [1.807, 2.05) is 6.07 Å². The molecule has 0 spiro atoms. The molecule has 20 heavy (non-hydrogen) atoms. The van der Waals surface area contributed by atoms with E-state index in [1.165, 1.54) is 18.9 Å². The number of likely N-dealkylation sites (N-methyl/N-ethyl adjacent to an activating group) is 1. The maximum absolute atomic E-state index is 13.2. The van der Waals surface area contributed by atoms with E-state index in [4.69, 9.17) is 16.3 Å². The summed E-state index contributed by atoms with van der Waals surface area (Å²) in [5.74, 6) is -0.356. The van der Waals surface area contributed by atoms with Crippen molar-refractivity contribution in [2.75, 3.05) is 13.2 Å². The van der Waals surface area contributed by atoms with Crippen LogP contribution in [0.2, 0.25) is 5.02 Å². The minimum absolute atomic E-state index is 0.201. The molecule has 0 saturated carbocycles. The van der Waals surface area contributed by atoms with Crippen LogP contribution in [0, 0.1) is 5.82 Å². The van der Waals surface area contributed by atoms with Gasteiger partial charge in [-0.25, -0.2) is 4.39 Å². The number of benzene rings is 1. The molecule has 0 radical (unpaired) electrons. The highest BCUT2D eigenvalue weighted by Crippen LogP contribution is 2.21. The summed E-state index contributed by atoms with van der Waals surface area (Å²) in [6, 6.07) is 5.33. The molecule has 0 bridgehead atoms. The van der Waals surface area contributed by atoms with Crippen molar-refractivity contribution in [3.8, 4) is 0 Å². The predicted molar refractivity (Wildman–Crippen MR) is 80.8 cm³/mol. The van der Waals surface area contributed by atoms with E-state index in [1.54, 1.807) is 6.07 Å². The van der Waals surface area contributed by atoms with E-state index < -0.39 is 0 Å². The van der Waals surface area contributed by atoms with Crippen LogP contribution in [0.1, 0.15) is 38.2 Å². The molecule has 4 heteroatoms. The van der Waals surface area contributed by atoms with Crippen LogP contribution < -0.4 is 5.32 Å². The van der Waals surface area contributed by atoms with Gasteiger partial charge in [-0.15, -0.1) is 0 Å². The Kier molecular flexibility index (Phi) is 6.27. The summed E-state index contributed by atoms with van der Waals surface area (Å²) in [6.07, 6.45) is 5.79. The third-order valence-corrected chi connectivity index (χ3v) is 4.07. The normalized spacial score (nSPS) is 20.9. The van der Waals surface area contributed by atoms with Crippen molar-refractivity contribution in [1.82, 2.24) is 5.32 Å². The van der Waals surface area contributed by atoms with Gasteiger partial charge in [-0.1, -0.05) is 24.6 Å². The Bertz CT molecular complexity index is 421. The molecular formula is C16H23ClFNO. The molecule has 2 unspecified atom stereocenters. The Morgan fingerprint density at radius 1 is 1.45 bits per heavy atom. The van der Waals surface area contributed by atoms with Crippen LogP contribution in [0.5, 0.6) is 0 Å². The molecule has 1 aromatic carbocycles. The first-order valence-corrected chi connectivity index (χ1v) is 7.85. The zero-order chi connectivity index (χ0) is 14.4. The lowest BCUT2D eigenvalue weighted by Gasteiger charge is -2.27. The molecule has 1 heterocycles. The molecule has 0 amide bonds. The zero-order valence-electron chi connectivity index (χ0n) is 12.0. The maximum Gasteiger partial charge on any atom is 0.141 e. The first kappa shape index (κ1) is 15.7. The average Bonchev–Trinajstić information content (AvgIpc) is 2.44. The standard InChI is InChI=1S/C16H23ClFNO/c1-2-19-13(11-14-5-3-4-8-20-14)9-12-6-7-16(18)15(17)10-12/h6-7,10,13-14,19H,2-5,8-9,11H2,1H3. The van der Waals surface area contributed by atoms with E-state index >= 15 is 0 Å². The molecule has 1 aliphatic heterocycles. The van der Waals surface area contributed by atoms with Gasteiger partial charge in [0.1, 0.15) is 5.82 Å². The van der Waals surface area contributed by atoms with E-state index in [9.17, 15) is 4.39 Å². The fourth-order valence-corrected chi connectivity index (χ4v) is 2.99. The van der Waals surface area contributed by atoms with Crippen LogP contribution in [0.4, 0.5) is 4.39 Å². The molecule has 2 nitrogen and oxygen atoms in total. The van der Waals surface area contributed by atoms with Gasteiger partial charge < -0.3 is 10.1 Å². The van der Waals surface area contributed by atoms with Gasteiger partial charge in [0.05, 0.1) is 11.1 Å². The summed E-state index contributed by atoms with van der Waals surface area (Å²) in [6.45, 7) is 3.91. The number of nitrogens with one attached hydrogen (secondary N) is 1. The van der Waals surface area contributed by atoms with E-state index in [0.717, 1.165) is 38.0 Å². The van der Waals surface area contributed by atoms with Gasteiger partial charge in [0.15, 0.2) is 0 Å². The van der Waals surface area contributed by atoms with Gasteiger partial charge in [0.2, 0.25) is 0 Å². The SMILES string of the molecule is CCNC(Cc1ccc(F)c(Cl)c1)CC1CCCCO1. The monoisotopic (exact) mass is 299 g/mol. The molecular weight excluding hydrogens is 277 g/mol. The Morgan fingerprint density at radius 2 is 2.30 bits per heavy atom. The largest absolute Gasteiger partial charge is 0.378 e. The second kappa shape index (κ2) is 7.96. The Hall–Kier alpha value is -0.640. The molecule has 1 aromatic rings. The maximum atomic E-state index is 13.2. The zero-order valence-corrected chi connectivity index (χ0v) is 12.8. The van der Waals surface area contributed by atoms with Crippen LogP contribution in [-0.2, 0) is 11.2 Å². The second-order valence-electron chi connectivity index (χ2n) is 5.43. The first-order valence-electron chi connectivity index (χ1n) is 7.48. The first-order chi connectivity index (χ1) is 9.69. The summed E-state index contributed by atoms with van der Waals surface area (Å²) in [4.78, 5) is 0. The number of ether oxygens (including phenoxy) is 1. The topological polar surface area (TPSA) is 21.3 Å². The summed E-state index contributed by atoms with van der Waals surface area (Å²) >= 11 is 5.85. The van der Waals surface area contributed by atoms with Gasteiger partial charge in [-0.3, -0.25) is 0 Å². The van der Waals surface area contributed by atoms with Crippen molar-refractivity contribution in [2.24, 2.45) is 0 Å². The molecule has 1 saturated heterocycles. The third kappa shape index (κ3) is 4.72. The highest BCUT2D eigenvalue weighted by Gasteiger charge is 2.19. The molecule has 2 rings (SSSR count). The summed E-state index contributed by atoms with van der Waals surface area (Å²) in [5.41, 5.74) is 1.07. The van der Waals surface area contributed by atoms with Gasteiger partial charge in [-0.2, -0.15) is 0 Å². The van der Waals surface area contributed by atoms with Crippen LogP contribution in [0.25, 0.3) is 0 Å². The lowest BCUT2D eigenvalue weighted by molar-refractivity contribution is 0.00535. The predicted octanol–water partition coefficient (Wildman–Crippen LogP) is 3.96. The third-order valence-electron chi connectivity index (χ3n) is 3.78. The number of halogens is 2. The number of hydrogen-bond donors (Lipinski definition) is 1. The lowest BCUT2D eigenvalue weighted by Crippen LogP contribution is -2.36. The smallest absolute Gasteiger partial charge is 0.141 e. The number of rotatable bonds is 6. The highest BCUT2D eigenvalue weighted by atomic mass is 35.5. The summed E-state index contributed by atoms with van der Waals surface area (Å²) < 4.78 is 19.0. The van der Waals surface area contributed by atoms with Gasteiger partial charge in [0, 0.05) is 12.6 Å². The summed E-state index contributed by atoms with van der Waals surface area (Å²) in [5, 5.41) is 3.70. The van der Waals surface area contributed by atoms with Crippen molar-refractivity contribution in [2.45, 2.75) is 51.2 Å². The molecule has 1 aliphatic rings. The van der Waals surface area contributed by atoms with Crippen LogP contribution >= 0.6 is 11.6 Å². The average molecular weight is 300 g/mol. The molecule has 2 atom stereocenters. The molecule has 1 N–H and O–H groups in total. The van der Waals surface area contributed by atoms with Crippen molar-refractivity contribution in [3.63, 3.8) is 0 Å². The van der Waals surface area contributed by atoms with Gasteiger partial charge in [0.25, 0.3) is 0 Å². The molecule has 1 fully saturated rings. The van der Waals surface area contributed by atoms with E-state index in [-0.39, 0.29) is 10.8 Å². The van der Waals surface area contributed by atoms with Gasteiger partial charge >= 0.3 is 0 Å². The lowest BCUT2D eigenvalue weighted by atomic mass is 9.97. The second-order valence-corrected chi connectivity index (χ2v) is 5.84. The molecule has 112 valence electrons. The van der Waals surface area contributed by atoms with Crippen molar-refractivity contribution in [3.05, 3.63) is 34.6 Å². The van der Waals surface area contributed by atoms with E-state index in [0.29, 0.717) is 12.1 Å². The quantitative estimate of drug-likeness (QED) is 0.858. The minimum atomic E-state index is -0.356. The fraction of sp³-hybridized carbons (Fsp3) is 0.625. The van der Waals surface area contributed by atoms with Crippen LogP contribution in [-0.4, -0.2) is 25.3 Å². The Labute approximate surface area is 125 Å². The van der Waals surface area contributed by atoms with Crippen molar-refractivity contribution >= 4 is 11.6 Å². The molecule has 0 aliphatic carbocycles. The fourth-order valence-electron chi connectivity index (χ4n) is 2.79. The Balaban J connectivity index is 1.94. The minimum Gasteiger partial charge on any atom is -0.378 e. The van der Waals surface area contributed by atoms with Gasteiger partial charge in [-0.05, 0) is 56.3 Å². The van der Waals surface area contributed by atoms with Crippen molar-refractivity contribution < 1.29 is 9.13 Å². The number of hydrogen-bond acceptors (Lipinski definition) is 2. The Morgan fingerprint density at radius 3 is 2.95 bits per heavy atom. The summed E-state index contributed by atoms with van der Waals surface area (Å²) in [7, 11) is 0. The van der Waals surface area contributed by atoms with E-state index in [2.05, 4.69) is 12.2 Å². The molecule has 0 aromatic heterocycles. The highest BCUT2D eigenvalue weighted by molar-refractivity contribution is 6.30. The van der Waals surface area contributed by atoms with Crippen molar-refractivity contribution in [1.29, 1.82) is 0 Å². The van der Waals surface area contributed by atoms with Crippen LogP contribution in [0.3, 0.4) is 0 Å². The van der Waals surface area contributed by atoms with Crippen LogP contribution in [0.15, 0.2) is 18.2 Å².